The van der Waals surface area contributed by atoms with Crippen molar-refractivity contribution < 1.29 is 13.7 Å². The lowest BCUT2D eigenvalue weighted by Crippen LogP contribution is -2.47. The molecule has 0 radical (unpaired) electrons. The summed E-state index contributed by atoms with van der Waals surface area (Å²) in [5.41, 5.74) is -0.747. The van der Waals surface area contributed by atoms with Crippen LogP contribution in [0.2, 0.25) is 0 Å². The smallest absolute Gasteiger partial charge is 0.333 e. The van der Waals surface area contributed by atoms with Crippen LogP contribution in [0.3, 0.4) is 0 Å². The van der Waals surface area contributed by atoms with Gasteiger partial charge in [-0.05, 0) is 44.6 Å². The molecule has 2 aromatic rings. The molecule has 3 heterocycles. The highest BCUT2D eigenvalue weighted by Crippen LogP contribution is 2.32. The summed E-state index contributed by atoms with van der Waals surface area (Å²) in [5.74, 6) is 0.614. The van der Waals surface area contributed by atoms with Crippen LogP contribution < -0.4 is 16.6 Å². The zero-order chi connectivity index (χ0) is 22.4. The number of halogens is 1. The molecule has 0 bridgehead atoms. The lowest BCUT2D eigenvalue weighted by Gasteiger charge is -2.32. The molecule has 5 rings (SSSR count). The van der Waals surface area contributed by atoms with E-state index in [1.807, 2.05) is 0 Å². The van der Waals surface area contributed by atoms with Crippen molar-refractivity contribution in [2.75, 3.05) is 11.5 Å². The number of aromatic nitrogens is 3. The molecule has 8 nitrogen and oxygen atoms in total. The Morgan fingerprint density at radius 2 is 1.69 bits per heavy atom. The van der Waals surface area contributed by atoms with Crippen molar-refractivity contribution in [1.82, 2.24) is 19.4 Å². The molecule has 3 aliphatic rings. The van der Waals surface area contributed by atoms with E-state index in [0.29, 0.717) is 50.0 Å². The summed E-state index contributed by atoms with van der Waals surface area (Å²) in [5, 5.41) is 3.19. The van der Waals surface area contributed by atoms with E-state index in [4.69, 9.17) is 0 Å². The Labute approximate surface area is 187 Å². The Balaban J connectivity index is 1.48. The molecule has 172 valence electrons. The highest BCUT2D eigenvalue weighted by Gasteiger charge is 2.34. The number of fused-ring (bicyclic) bond motifs is 1. The summed E-state index contributed by atoms with van der Waals surface area (Å²) < 4.78 is 28.6. The van der Waals surface area contributed by atoms with Gasteiger partial charge in [0.15, 0.2) is 0 Å². The van der Waals surface area contributed by atoms with Crippen LogP contribution in [0, 0.1) is 11.7 Å². The lowest BCUT2D eigenvalue weighted by atomic mass is 9.90. The first-order valence-electron chi connectivity index (χ1n) is 11.4. The Morgan fingerprint density at radius 1 is 1.03 bits per heavy atom. The number of hydrogen-bond donors (Lipinski definition) is 1. The fraction of sp³-hybridized carbons (Fsp3) is 0.636. The Hall–Kier alpha value is -2.20. The number of carbonyl (C=O) groups is 1. The molecule has 10 heteroatoms. The van der Waals surface area contributed by atoms with Gasteiger partial charge >= 0.3 is 5.69 Å². The summed E-state index contributed by atoms with van der Waals surface area (Å²) in [7, 11) is 0. The van der Waals surface area contributed by atoms with Gasteiger partial charge in [-0.15, -0.1) is 0 Å². The van der Waals surface area contributed by atoms with Gasteiger partial charge in [0.2, 0.25) is 5.91 Å². The summed E-state index contributed by atoms with van der Waals surface area (Å²) in [6.45, 7) is 0. The highest BCUT2D eigenvalue weighted by atomic mass is 32.2. The van der Waals surface area contributed by atoms with Crippen molar-refractivity contribution in [3.8, 4) is 0 Å². The van der Waals surface area contributed by atoms with E-state index >= 15 is 0 Å². The van der Waals surface area contributed by atoms with Crippen LogP contribution in [0.1, 0.15) is 63.5 Å². The fourth-order valence-corrected chi connectivity index (χ4v) is 6.31. The van der Waals surface area contributed by atoms with Gasteiger partial charge in [0.05, 0.1) is 11.6 Å². The van der Waals surface area contributed by atoms with Crippen molar-refractivity contribution in [3.63, 3.8) is 0 Å². The Bertz CT molecular complexity index is 1150. The van der Waals surface area contributed by atoms with E-state index in [2.05, 4.69) is 10.3 Å². The molecule has 2 saturated carbocycles. The van der Waals surface area contributed by atoms with Crippen LogP contribution in [-0.2, 0) is 16.0 Å². The second-order valence-electron chi connectivity index (χ2n) is 9.22. The monoisotopic (exact) mass is 462 g/mol. The van der Waals surface area contributed by atoms with Crippen LogP contribution in [0.25, 0.3) is 11.0 Å². The van der Waals surface area contributed by atoms with E-state index in [-0.39, 0.29) is 41.0 Å². The van der Waals surface area contributed by atoms with E-state index in [1.54, 1.807) is 0 Å². The summed E-state index contributed by atoms with van der Waals surface area (Å²) in [4.78, 5) is 43.0. The summed E-state index contributed by atoms with van der Waals surface area (Å²) in [6, 6.07) is 0.687. The van der Waals surface area contributed by atoms with Crippen LogP contribution in [0.4, 0.5) is 4.39 Å². The predicted octanol–water partition coefficient (Wildman–Crippen LogP) is 1.79. The Kier molecular flexibility index (Phi) is 5.83. The Morgan fingerprint density at radius 3 is 2.34 bits per heavy atom. The van der Waals surface area contributed by atoms with Gasteiger partial charge in [-0.1, -0.05) is 11.2 Å². The number of hydrogen-bond acceptors (Lipinski definition) is 5. The second-order valence-corrected chi connectivity index (χ2v) is 10.9. The number of nitrogens with zero attached hydrogens (tertiary/aromatic N) is 3. The van der Waals surface area contributed by atoms with Crippen molar-refractivity contribution in [2.24, 2.45) is 5.92 Å². The van der Waals surface area contributed by atoms with Crippen LogP contribution in [0.5, 0.6) is 0 Å². The van der Waals surface area contributed by atoms with E-state index < -0.39 is 28.2 Å². The third kappa shape index (κ3) is 4.10. The average molecular weight is 463 g/mol. The molecule has 0 aromatic carbocycles. The van der Waals surface area contributed by atoms with Gasteiger partial charge in [-0.25, -0.2) is 14.2 Å². The quantitative estimate of drug-likeness (QED) is 0.697. The molecule has 0 unspecified atom stereocenters. The zero-order valence-electron chi connectivity index (χ0n) is 17.8. The van der Waals surface area contributed by atoms with Gasteiger partial charge < -0.3 is 9.87 Å². The van der Waals surface area contributed by atoms with E-state index in [0.717, 1.165) is 25.1 Å². The van der Waals surface area contributed by atoms with Crippen molar-refractivity contribution in [1.29, 1.82) is 0 Å². The number of amides is 1. The number of nitrogens with one attached hydrogen (secondary N) is 1. The van der Waals surface area contributed by atoms with Gasteiger partial charge in [-0.2, -0.15) is 0 Å². The van der Waals surface area contributed by atoms with Gasteiger partial charge in [-0.3, -0.25) is 18.7 Å². The third-order valence-electron chi connectivity index (χ3n) is 7.00. The molecule has 1 aliphatic heterocycles. The largest absolute Gasteiger partial charge is 0.616 e. The maximum atomic E-state index is 14.0. The molecule has 2 aliphatic carbocycles. The minimum Gasteiger partial charge on any atom is -0.616 e. The first kappa shape index (κ1) is 21.6. The predicted molar refractivity (Wildman–Crippen MR) is 119 cm³/mol. The molecule has 0 atom stereocenters. The van der Waals surface area contributed by atoms with Crippen molar-refractivity contribution in [2.45, 2.75) is 69.5 Å². The number of rotatable bonds is 4. The van der Waals surface area contributed by atoms with Crippen molar-refractivity contribution >= 4 is 28.1 Å². The molecule has 3 fully saturated rings. The molecule has 0 spiro atoms. The van der Waals surface area contributed by atoms with E-state index in [1.165, 1.54) is 9.13 Å². The normalized spacial score (nSPS) is 28.6. The first-order valence-corrected chi connectivity index (χ1v) is 12.9. The first-order chi connectivity index (χ1) is 15.4. The van der Waals surface area contributed by atoms with Gasteiger partial charge in [0, 0.05) is 36.9 Å². The van der Waals surface area contributed by atoms with Crippen LogP contribution in [0.15, 0.2) is 21.9 Å². The molecular formula is C22H27FN4O4S. The average Bonchev–Trinajstić information content (AvgIpc) is 3.62. The number of carbonyl (C=O) groups excluding carboxylic acids is 1. The van der Waals surface area contributed by atoms with E-state index in [9.17, 15) is 23.3 Å². The number of pyridine rings is 1. The van der Waals surface area contributed by atoms with Crippen LogP contribution in [-0.4, -0.2) is 42.1 Å². The molecule has 1 amide bonds. The highest BCUT2D eigenvalue weighted by molar-refractivity contribution is 7.91. The molecule has 32 heavy (non-hydrogen) atoms. The molecule has 1 N–H and O–H groups in total. The zero-order valence-corrected chi connectivity index (χ0v) is 18.6. The van der Waals surface area contributed by atoms with Crippen LogP contribution >= 0.6 is 0 Å². The topological polar surface area (TPSA) is 109 Å². The van der Waals surface area contributed by atoms with Gasteiger partial charge in [0.1, 0.15) is 23.0 Å². The maximum absolute atomic E-state index is 14.0. The fourth-order valence-electron chi connectivity index (χ4n) is 5.04. The SMILES string of the molecule is O=C(N[C@H]1CC[C@@H](n2c(=O)c3cc(F)cnc3n([C@H]3CC[S@@+]([O-])CC3)c2=O)CC1)C1CC1. The van der Waals surface area contributed by atoms with Crippen molar-refractivity contribution in [3.05, 3.63) is 38.9 Å². The second kappa shape index (κ2) is 8.62. The maximum Gasteiger partial charge on any atom is 0.333 e. The molecular weight excluding hydrogens is 435 g/mol. The summed E-state index contributed by atoms with van der Waals surface area (Å²) >= 11 is -0.900. The molecule has 2 aromatic heterocycles. The lowest BCUT2D eigenvalue weighted by molar-refractivity contribution is -0.123. The third-order valence-corrected chi connectivity index (χ3v) is 8.38. The minimum atomic E-state index is -0.900. The van der Waals surface area contributed by atoms with Gasteiger partial charge in [0.25, 0.3) is 5.56 Å². The molecule has 1 saturated heterocycles. The standard InChI is InChI=1S/C22H27FN4O4S/c23-14-11-18-19(24-12-14)26(17-7-9-32(31)10-8-17)22(30)27(21(18)29)16-5-3-15(4-6-16)25-20(28)13-1-2-13/h11-13,15-17H,1-10H2,(H,25,28)/t15-,16+,17-,32+. The minimum absolute atomic E-state index is 0.0603. The summed E-state index contributed by atoms with van der Waals surface area (Å²) in [6.07, 6.45) is 6.60.